The monoisotopic (exact) mass is 421 g/mol. The number of nitrogens with zero attached hydrogens (tertiary/aromatic N) is 2. The number of rotatable bonds is 6. The Morgan fingerprint density at radius 1 is 1.25 bits per heavy atom. The van der Waals surface area contributed by atoms with Gasteiger partial charge in [-0.3, -0.25) is 4.79 Å². The first-order valence-corrected chi connectivity index (χ1v) is 9.23. The highest BCUT2D eigenvalue weighted by Gasteiger charge is 2.15. The maximum Gasteiger partial charge on any atom is 0.339 e. The van der Waals surface area contributed by atoms with Gasteiger partial charge in [-0.25, -0.2) is 9.18 Å². The fraction of sp³-hybridized carbons (Fsp3) is 0.111. The van der Waals surface area contributed by atoms with E-state index in [0.717, 1.165) is 11.8 Å². The lowest BCUT2D eigenvalue weighted by Gasteiger charge is -2.07. The Hall–Kier alpha value is -2.91. The fourth-order valence-corrected chi connectivity index (χ4v) is 2.96. The van der Waals surface area contributed by atoms with Crippen molar-refractivity contribution < 1.29 is 23.1 Å². The maximum atomic E-state index is 13.7. The first-order valence-electron chi connectivity index (χ1n) is 7.87. The van der Waals surface area contributed by atoms with Crippen LogP contribution in [0.5, 0.6) is 0 Å². The summed E-state index contributed by atoms with van der Waals surface area (Å²) in [5.41, 5.74) is 0.705. The quantitative estimate of drug-likeness (QED) is 0.474. The summed E-state index contributed by atoms with van der Waals surface area (Å²) in [5, 5.41) is 10.5. The van der Waals surface area contributed by atoms with E-state index in [2.05, 4.69) is 20.3 Å². The van der Waals surface area contributed by atoms with Crippen molar-refractivity contribution in [1.29, 1.82) is 0 Å². The van der Waals surface area contributed by atoms with Gasteiger partial charge in [-0.15, -0.1) is 10.2 Å². The van der Waals surface area contributed by atoms with Gasteiger partial charge in [0.05, 0.1) is 29.0 Å². The van der Waals surface area contributed by atoms with Crippen LogP contribution in [0.15, 0.2) is 52.1 Å². The van der Waals surface area contributed by atoms with E-state index in [1.807, 2.05) is 0 Å². The molecule has 3 rings (SSSR count). The van der Waals surface area contributed by atoms with Gasteiger partial charge in [0, 0.05) is 5.69 Å². The molecule has 10 heteroatoms. The molecule has 3 aromatic rings. The van der Waals surface area contributed by atoms with Gasteiger partial charge in [0.15, 0.2) is 0 Å². The third-order valence-corrected chi connectivity index (χ3v) is 4.64. The Balaban J connectivity index is 1.61. The van der Waals surface area contributed by atoms with Gasteiger partial charge in [0.2, 0.25) is 5.91 Å². The summed E-state index contributed by atoms with van der Waals surface area (Å²) in [4.78, 5) is 23.8. The summed E-state index contributed by atoms with van der Waals surface area (Å²) in [5.74, 6) is -1.46. The van der Waals surface area contributed by atoms with Crippen LogP contribution < -0.4 is 5.32 Å². The number of thioether (sulfide) groups is 1. The molecular weight excluding hydrogens is 409 g/mol. The van der Waals surface area contributed by atoms with Crippen LogP contribution in [0.1, 0.15) is 10.4 Å². The molecule has 0 atom stereocenters. The summed E-state index contributed by atoms with van der Waals surface area (Å²) in [7, 11) is 1.24. The number of ether oxygens (including phenoxy) is 1. The van der Waals surface area contributed by atoms with Gasteiger partial charge in [0.1, 0.15) is 5.82 Å². The van der Waals surface area contributed by atoms with E-state index in [-0.39, 0.29) is 38.9 Å². The van der Waals surface area contributed by atoms with Crippen LogP contribution in [-0.2, 0) is 9.53 Å². The van der Waals surface area contributed by atoms with Crippen LogP contribution in [0.3, 0.4) is 0 Å². The highest BCUT2D eigenvalue weighted by atomic mass is 35.5. The number of esters is 1. The fourth-order valence-electron chi connectivity index (χ4n) is 2.21. The molecule has 0 aliphatic heterocycles. The zero-order valence-electron chi connectivity index (χ0n) is 14.4. The Labute approximate surface area is 168 Å². The second-order valence-corrected chi connectivity index (χ2v) is 6.71. The van der Waals surface area contributed by atoms with Crippen LogP contribution in [0.4, 0.5) is 10.1 Å². The van der Waals surface area contributed by atoms with Crippen LogP contribution in [0.2, 0.25) is 5.02 Å². The zero-order chi connectivity index (χ0) is 20.1. The third-order valence-electron chi connectivity index (χ3n) is 3.49. The van der Waals surface area contributed by atoms with Crippen molar-refractivity contribution in [3.05, 3.63) is 58.9 Å². The molecule has 0 aliphatic rings. The molecule has 0 spiro atoms. The molecule has 144 valence electrons. The summed E-state index contributed by atoms with van der Waals surface area (Å²) < 4.78 is 23.8. The average Bonchev–Trinajstić information content (AvgIpc) is 3.16. The number of anilines is 1. The van der Waals surface area contributed by atoms with E-state index in [4.69, 9.17) is 16.0 Å². The largest absolute Gasteiger partial charge is 0.465 e. The average molecular weight is 422 g/mol. The minimum atomic E-state index is -0.609. The van der Waals surface area contributed by atoms with Crippen LogP contribution in [0, 0.1) is 5.82 Å². The lowest BCUT2D eigenvalue weighted by atomic mass is 10.2. The molecule has 0 saturated carbocycles. The molecule has 2 aromatic carbocycles. The number of nitrogens with one attached hydrogen (secondary N) is 1. The lowest BCUT2D eigenvalue weighted by molar-refractivity contribution is -0.113. The predicted octanol–water partition coefficient (Wildman–Crippen LogP) is 4.05. The molecule has 0 aliphatic carbocycles. The van der Waals surface area contributed by atoms with Crippen LogP contribution in [-0.4, -0.2) is 34.9 Å². The SMILES string of the molecule is COC(=O)c1cc(NC(=O)CSc2nnc(-c3ccccc3F)o2)ccc1Cl. The number of methoxy groups -OCH3 is 1. The van der Waals surface area contributed by atoms with Crippen LogP contribution in [0.25, 0.3) is 11.5 Å². The summed E-state index contributed by atoms with van der Waals surface area (Å²) in [6.45, 7) is 0. The minimum absolute atomic E-state index is 0.0291. The smallest absolute Gasteiger partial charge is 0.339 e. The summed E-state index contributed by atoms with van der Waals surface area (Å²) >= 11 is 6.93. The molecule has 1 N–H and O–H groups in total. The zero-order valence-corrected chi connectivity index (χ0v) is 16.0. The number of hydrogen-bond acceptors (Lipinski definition) is 7. The first-order chi connectivity index (χ1) is 13.5. The molecule has 1 heterocycles. The Morgan fingerprint density at radius 2 is 2.04 bits per heavy atom. The number of benzene rings is 2. The van der Waals surface area contributed by atoms with Crippen molar-refractivity contribution in [1.82, 2.24) is 10.2 Å². The molecule has 0 fully saturated rings. The van der Waals surface area contributed by atoms with Gasteiger partial charge in [-0.2, -0.15) is 0 Å². The van der Waals surface area contributed by atoms with Crippen molar-refractivity contribution in [3.63, 3.8) is 0 Å². The van der Waals surface area contributed by atoms with E-state index in [1.165, 1.54) is 31.4 Å². The lowest BCUT2D eigenvalue weighted by Crippen LogP contribution is -2.14. The van der Waals surface area contributed by atoms with Crippen molar-refractivity contribution in [2.75, 3.05) is 18.2 Å². The minimum Gasteiger partial charge on any atom is -0.465 e. The molecule has 1 amide bonds. The number of amides is 1. The normalized spacial score (nSPS) is 10.5. The van der Waals surface area contributed by atoms with Crippen molar-refractivity contribution in [3.8, 4) is 11.5 Å². The number of carbonyl (C=O) groups is 2. The topological polar surface area (TPSA) is 94.3 Å². The number of halogens is 2. The molecule has 0 radical (unpaired) electrons. The molecular formula is C18H13ClFN3O4S. The molecule has 7 nitrogen and oxygen atoms in total. The number of hydrogen-bond donors (Lipinski definition) is 1. The van der Waals surface area contributed by atoms with Gasteiger partial charge in [-0.1, -0.05) is 35.5 Å². The van der Waals surface area contributed by atoms with Crippen LogP contribution >= 0.6 is 23.4 Å². The predicted molar refractivity (Wildman–Crippen MR) is 102 cm³/mol. The first kappa shape index (κ1) is 19.8. The summed E-state index contributed by atoms with van der Waals surface area (Å²) in [6.07, 6.45) is 0. The Kier molecular flexibility index (Phi) is 6.27. The van der Waals surface area contributed by atoms with Gasteiger partial charge < -0.3 is 14.5 Å². The molecule has 28 heavy (non-hydrogen) atoms. The molecule has 1 aromatic heterocycles. The Morgan fingerprint density at radius 3 is 2.79 bits per heavy atom. The van der Waals surface area contributed by atoms with Gasteiger partial charge in [-0.05, 0) is 30.3 Å². The second-order valence-electron chi connectivity index (χ2n) is 5.38. The van der Waals surface area contributed by atoms with E-state index < -0.39 is 11.8 Å². The van der Waals surface area contributed by atoms with E-state index in [1.54, 1.807) is 18.2 Å². The highest BCUT2D eigenvalue weighted by Crippen LogP contribution is 2.25. The number of carbonyl (C=O) groups excluding carboxylic acids is 2. The molecule has 0 saturated heterocycles. The molecule has 0 bridgehead atoms. The Bertz CT molecular complexity index is 1030. The van der Waals surface area contributed by atoms with Gasteiger partial charge in [0.25, 0.3) is 11.1 Å². The van der Waals surface area contributed by atoms with Crippen molar-refractivity contribution in [2.45, 2.75) is 5.22 Å². The van der Waals surface area contributed by atoms with E-state index >= 15 is 0 Å². The standard InChI is InChI=1S/C18H13ClFN3O4S/c1-26-17(25)12-8-10(6-7-13(12)19)21-15(24)9-28-18-23-22-16(27-18)11-4-2-3-5-14(11)20/h2-8H,9H2,1H3,(H,21,24). The maximum absolute atomic E-state index is 13.7. The number of aromatic nitrogens is 2. The molecule has 0 unspecified atom stereocenters. The highest BCUT2D eigenvalue weighted by molar-refractivity contribution is 7.99. The van der Waals surface area contributed by atoms with E-state index in [0.29, 0.717) is 5.69 Å². The van der Waals surface area contributed by atoms with Crippen molar-refractivity contribution >= 4 is 40.9 Å². The second kappa shape index (κ2) is 8.85. The van der Waals surface area contributed by atoms with Crippen molar-refractivity contribution in [2.24, 2.45) is 0 Å². The van der Waals surface area contributed by atoms with Gasteiger partial charge >= 0.3 is 5.97 Å². The third kappa shape index (κ3) is 4.68. The van der Waals surface area contributed by atoms with E-state index in [9.17, 15) is 14.0 Å². The summed E-state index contributed by atoms with van der Waals surface area (Å²) in [6, 6.07) is 10.5.